The van der Waals surface area contributed by atoms with Gasteiger partial charge in [-0.2, -0.15) is 5.10 Å². The second-order valence-corrected chi connectivity index (χ2v) is 8.92. The van der Waals surface area contributed by atoms with E-state index in [1.54, 1.807) is 16.8 Å². The minimum atomic E-state index is -3.01. The van der Waals surface area contributed by atoms with Crippen LogP contribution in [-0.2, 0) is 9.84 Å². The molecule has 0 N–H and O–H groups in total. The summed E-state index contributed by atoms with van der Waals surface area (Å²) in [6.07, 6.45) is 0.547. The van der Waals surface area contributed by atoms with Gasteiger partial charge in [-0.05, 0) is 31.5 Å². The Kier molecular flexibility index (Phi) is 3.34. The third-order valence-electron chi connectivity index (χ3n) is 4.26. The summed E-state index contributed by atoms with van der Waals surface area (Å²) in [4.78, 5) is 4.65. The van der Waals surface area contributed by atoms with Gasteiger partial charge in [0.15, 0.2) is 15.5 Å². The molecule has 3 heterocycles. The lowest BCUT2D eigenvalue weighted by atomic mass is 10.1. The SMILES string of the molecule is Cc1nn([C@H]2CCS(=O)(=O)C2)c2nc3cc(Cl)ccc3c(Cl)c12. The molecule has 4 rings (SSSR count). The number of sulfone groups is 1. The third kappa shape index (κ3) is 2.40. The molecule has 120 valence electrons. The highest BCUT2D eigenvalue weighted by atomic mass is 35.5. The number of rotatable bonds is 1. The standard InChI is InChI=1S/C15H13Cl2N3O2S/c1-8-13-14(17)11-3-2-9(16)6-12(11)18-15(13)20(19-8)10-4-5-23(21,22)7-10/h2-3,6,10H,4-5,7H2,1H3/t10-/m0/s1. The maximum absolute atomic E-state index is 11.8. The molecule has 23 heavy (non-hydrogen) atoms. The fourth-order valence-corrected chi connectivity index (χ4v) is 5.39. The number of benzene rings is 1. The Morgan fingerprint density at radius 2 is 2.09 bits per heavy atom. The number of nitrogens with zero attached hydrogens (tertiary/aromatic N) is 3. The summed E-state index contributed by atoms with van der Waals surface area (Å²) in [6.45, 7) is 1.86. The van der Waals surface area contributed by atoms with Gasteiger partial charge in [0.1, 0.15) is 0 Å². The van der Waals surface area contributed by atoms with E-state index in [1.165, 1.54) is 0 Å². The Balaban J connectivity index is 2.02. The summed E-state index contributed by atoms with van der Waals surface area (Å²) in [7, 11) is -3.01. The van der Waals surface area contributed by atoms with Crippen molar-refractivity contribution in [2.24, 2.45) is 0 Å². The van der Waals surface area contributed by atoms with Crippen LogP contribution in [0, 0.1) is 6.92 Å². The minimum absolute atomic E-state index is 0.0934. The summed E-state index contributed by atoms with van der Waals surface area (Å²) in [5.74, 6) is 0.279. The maximum atomic E-state index is 11.8. The first kappa shape index (κ1) is 15.2. The van der Waals surface area contributed by atoms with Crippen LogP contribution in [0.15, 0.2) is 18.2 Å². The fourth-order valence-electron chi connectivity index (χ4n) is 3.15. The smallest absolute Gasteiger partial charge is 0.160 e. The molecule has 5 nitrogen and oxygen atoms in total. The molecule has 0 spiro atoms. The molecule has 1 aliphatic heterocycles. The van der Waals surface area contributed by atoms with E-state index in [9.17, 15) is 8.42 Å². The summed E-state index contributed by atoms with van der Waals surface area (Å²) in [5.41, 5.74) is 2.04. The highest BCUT2D eigenvalue weighted by Gasteiger charge is 2.32. The quantitative estimate of drug-likeness (QED) is 0.657. The average Bonchev–Trinajstić information content (AvgIpc) is 2.99. The molecule has 0 bridgehead atoms. The molecule has 1 fully saturated rings. The molecule has 1 aliphatic rings. The van der Waals surface area contributed by atoms with Crippen LogP contribution in [0.2, 0.25) is 10.0 Å². The lowest BCUT2D eigenvalue weighted by molar-refractivity contribution is 0.509. The van der Waals surface area contributed by atoms with Crippen molar-refractivity contribution in [1.82, 2.24) is 14.8 Å². The van der Waals surface area contributed by atoms with Crippen LogP contribution in [0.5, 0.6) is 0 Å². The third-order valence-corrected chi connectivity index (χ3v) is 6.63. The first-order valence-electron chi connectivity index (χ1n) is 7.20. The molecule has 2 aromatic heterocycles. The van der Waals surface area contributed by atoms with Gasteiger partial charge in [0.05, 0.1) is 39.2 Å². The van der Waals surface area contributed by atoms with Gasteiger partial charge >= 0.3 is 0 Å². The highest BCUT2D eigenvalue weighted by molar-refractivity contribution is 7.91. The van der Waals surface area contributed by atoms with Gasteiger partial charge in [-0.1, -0.05) is 23.2 Å². The molecule has 0 saturated carbocycles. The number of hydrogen-bond acceptors (Lipinski definition) is 4. The van der Waals surface area contributed by atoms with E-state index in [0.717, 1.165) is 16.5 Å². The average molecular weight is 370 g/mol. The molecular weight excluding hydrogens is 357 g/mol. The molecule has 0 radical (unpaired) electrons. The lowest BCUT2D eigenvalue weighted by Crippen LogP contribution is -2.13. The number of aromatic nitrogens is 3. The molecule has 1 atom stereocenters. The molecule has 1 aromatic carbocycles. The lowest BCUT2D eigenvalue weighted by Gasteiger charge is -2.10. The van der Waals surface area contributed by atoms with Crippen LogP contribution in [0.1, 0.15) is 18.2 Å². The van der Waals surface area contributed by atoms with Crippen LogP contribution >= 0.6 is 23.2 Å². The molecule has 0 amide bonds. The van der Waals surface area contributed by atoms with E-state index < -0.39 is 9.84 Å². The summed E-state index contributed by atoms with van der Waals surface area (Å²) >= 11 is 12.6. The summed E-state index contributed by atoms with van der Waals surface area (Å²) in [5, 5.41) is 7.25. The summed E-state index contributed by atoms with van der Waals surface area (Å²) < 4.78 is 25.3. The van der Waals surface area contributed by atoms with Gasteiger partial charge in [0.25, 0.3) is 0 Å². The Hall–Kier alpha value is -1.37. The fraction of sp³-hybridized carbons (Fsp3) is 0.333. The van der Waals surface area contributed by atoms with Crippen molar-refractivity contribution in [1.29, 1.82) is 0 Å². The van der Waals surface area contributed by atoms with E-state index in [1.807, 2.05) is 13.0 Å². The second-order valence-electron chi connectivity index (χ2n) is 5.87. The van der Waals surface area contributed by atoms with Crippen molar-refractivity contribution in [2.45, 2.75) is 19.4 Å². The number of pyridine rings is 1. The van der Waals surface area contributed by atoms with Crippen molar-refractivity contribution in [3.05, 3.63) is 33.9 Å². The Morgan fingerprint density at radius 1 is 1.30 bits per heavy atom. The normalized spacial score (nSPS) is 20.6. The topological polar surface area (TPSA) is 64.8 Å². The van der Waals surface area contributed by atoms with Crippen molar-refractivity contribution < 1.29 is 8.42 Å². The zero-order valence-electron chi connectivity index (χ0n) is 12.3. The van der Waals surface area contributed by atoms with Gasteiger partial charge < -0.3 is 0 Å². The molecule has 1 saturated heterocycles. The largest absolute Gasteiger partial charge is 0.243 e. The van der Waals surface area contributed by atoms with E-state index in [4.69, 9.17) is 23.2 Å². The van der Waals surface area contributed by atoms with Crippen LogP contribution in [0.25, 0.3) is 21.9 Å². The van der Waals surface area contributed by atoms with Crippen LogP contribution in [0.4, 0.5) is 0 Å². The number of halogens is 2. The van der Waals surface area contributed by atoms with E-state index >= 15 is 0 Å². The second kappa shape index (κ2) is 5.06. The van der Waals surface area contributed by atoms with Crippen LogP contribution < -0.4 is 0 Å². The predicted molar refractivity (Wildman–Crippen MR) is 92.1 cm³/mol. The van der Waals surface area contributed by atoms with Crippen LogP contribution in [0.3, 0.4) is 0 Å². The molecule has 0 aliphatic carbocycles. The van der Waals surface area contributed by atoms with E-state index in [-0.39, 0.29) is 17.5 Å². The van der Waals surface area contributed by atoms with E-state index in [2.05, 4.69) is 10.1 Å². The minimum Gasteiger partial charge on any atom is -0.243 e. The summed E-state index contributed by atoms with van der Waals surface area (Å²) in [6, 6.07) is 5.16. The van der Waals surface area contributed by atoms with Crippen molar-refractivity contribution in [3.8, 4) is 0 Å². The van der Waals surface area contributed by atoms with E-state index in [0.29, 0.717) is 27.6 Å². The number of hydrogen-bond donors (Lipinski definition) is 0. The van der Waals surface area contributed by atoms with Gasteiger partial charge in [0, 0.05) is 10.4 Å². The van der Waals surface area contributed by atoms with Gasteiger partial charge in [-0.25, -0.2) is 18.1 Å². The van der Waals surface area contributed by atoms with Gasteiger partial charge in [-0.15, -0.1) is 0 Å². The highest BCUT2D eigenvalue weighted by Crippen LogP contribution is 2.36. The van der Waals surface area contributed by atoms with Crippen LogP contribution in [-0.4, -0.2) is 34.7 Å². The monoisotopic (exact) mass is 369 g/mol. The van der Waals surface area contributed by atoms with Gasteiger partial charge in [0.2, 0.25) is 0 Å². The van der Waals surface area contributed by atoms with Gasteiger partial charge in [-0.3, -0.25) is 0 Å². The Morgan fingerprint density at radius 3 is 2.78 bits per heavy atom. The number of fused-ring (bicyclic) bond motifs is 2. The zero-order chi connectivity index (χ0) is 16.4. The predicted octanol–water partition coefficient (Wildman–Crippen LogP) is 3.56. The Bertz CT molecular complexity index is 1060. The first-order chi connectivity index (χ1) is 10.9. The van der Waals surface area contributed by atoms with Crippen molar-refractivity contribution >= 4 is 55.0 Å². The zero-order valence-corrected chi connectivity index (χ0v) is 14.6. The Labute approximate surface area is 143 Å². The molecule has 3 aromatic rings. The first-order valence-corrected chi connectivity index (χ1v) is 9.77. The van der Waals surface area contributed by atoms with Crippen molar-refractivity contribution in [3.63, 3.8) is 0 Å². The molecular formula is C15H13Cl2N3O2S. The van der Waals surface area contributed by atoms with Crippen molar-refractivity contribution in [2.75, 3.05) is 11.5 Å². The number of aryl methyl sites for hydroxylation is 1. The molecule has 0 unspecified atom stereocenters. The maximum Gasteiger partial charge on any atom is 0.160 e. The molecule has 8 heteroatoms.